The number of rotatable bonds is 2. The molecular weight excluding hydrogens is 366 g/mol. The molecule has 1 unspecified atom stereocenters. The standard InChI is InChI=1S/C19H18BrN3O/c1-2-17-15-6-4-3-5-13(15)8-10-22(17)19(24)16-11-14(20)12-23-18(16)7-9-21-23/h3-7,9,11-12,17H,2,8,10H2,1H3. The van der Waals surface area contributed by atoms with Gasteiger partial charge >= 0.3 is 0 Å². The minimum Gasteiger partial charge on any atom is -0.331 e. The largest absolute Gasteiger partial charge is 0.331 e. The van der Waals surface area contributed by atoms with Crippen LogP contribution < -0.4 is 0 Å². The highest BCUT2D eigenvalue weighted by Gasteiger charge is 2.31. The summed E-state index contributed by atoms with van der Waals surface area (Å²) in [6.07, 6.45) is 5.41. The molecule has 1 aromatic carbocycles. The number of hydrogen-bond donors (Lipinski definition) is 0. The summed E-state index contributed by atoms with van der Waals surface area (Å²) in [6.45, 7) is 2.89. The Kier molecular flexibility index (Phi) is 3.88. The van der Waals surface area contributed by atoms with Gasteiger partial charge in [0.1, 0.15) is 0 Å². The lowest BCUT2D eigenvalue weighted by molar-refractivity contribution is 0.0657. The Bertz CT molecular complexity index is 918. The molecule has 3 aromatic rings. The molecule has 0 saturated heterocycles. The van der Waals surface area contributed by atoms with Crippen LogP contribution in [0, 0.1) is 0 Å². The van der Waals surface area contributed by atoms with Gasteiger partial charge in [-0.05, 0) is 52.0 Å². The second-order valence-corrected chi connectivity index (χ2v) is 7.02. The zero-order valence-electron chi connectivity index (χ0n) is 13.4. The summed E-state index contributed by atoms with van der Waals surface area (Å²) in [4.78, 5) is 15.3. The smallest absolute Gasteiger partial charge is 0.256 e. The zero-order chi connectivity index (χ0) is 16.7. The summed E-state index contributed by atoms with van der Waals surface area (Å²) >= 11 is 3.49. The number of carbonyl (C=O) groups excluding carboxylic acids is 1. The Balaban J connectivity index is 1.78. The van der Waals surface area contributed by atoms with Crippen LogP contribution in [-0.4, -0.2) is 27.0 Å². The van der Waals surface area contributed by atoms with Crippen LogP contribution in [0.3, 0.4) is 0 Å². The van der Waals surface area contributed by atoms with Gasteiger partial charge in [-0.25, -0.2) is 4.52 Å². The summed E-state index contributed by atoms with van der Waals surface area (Å²) in [6, 6.07) is 12.4. The van der Waals surface area contributed by atoms with Crippen molar-refractivity contribution in [1.82, 2.24) is 14.5 Å². The van der Waals surface area contributed by atoms with Gasteiger partial charge in [-0.1, -0.05) is 31.2 Å². The Hall–Kier alpha value is -2.14. The van der Waals surface area contributed by atoms with Crippen LogP contribution in [0.4, 0.5) is 0 Å². The molecule has 1 atom stereocenters. The molecule has 0 N–H and O–H groups in total. The van der Waals surface area contributed by atoms with Crippen molar-refractivity contribution in [2.45, 2.75) is 25.8 Å². The fourth-order valence-electron chi connectivity index (χ4n) is 3.66. The van der Waals surface area contributed by atoms with Crippen molar-refractivity contribution in [1.29, 1.82) is 0 Å². The molecule has 0 saturated carbocycles. The highest BCUT2D eigenvalue weighted by Crippen LogP contribution is 2.33. The molecule has 1 amide bonds. The number of nitrogens with zero attached hydrogens (tertiary/aromatic N) is 3. The fourth-order valence-corrected chi connectivity index (χ4v) is 4.08. The van der Waals surface area contributed by atoms with Gasteiger partial charge in [-0.2, -0.15) is 5.10 Å². The molecular formula is C19H18BrN3O. The SMILES string of the molecule is CCC1c2ccccc2CCN1C(=O)c1cc(Br)cn2nccc12. The maximum absolute atomic E-state index is 13.3. The van der Waals surface area contributed by atoms with Gasteiger partial charge in [0.25, 0.3) is 5.91 Å². The Morgan fingerprint density at radius 3 is 3.00 bits per heavy atom. The van der Waals surface area contributed by atoms with E-state index in [0.717, 1.165) is 29.4 Å². The number of aromatic nitrogens is 2. The summed E-state index contributed by atoms with van der Waals surface area (Å²) in [5, 5.41) is 4.26. The second-order valence-electron chi connectivity index (χ2n) is 6.10. The van der Waals surface area contributed by atoms with E-state index >= 15 is 0 Å². The number of halogens is 1. The molecule has 3 heterocycles. The van der Waals surface area contributed by atoms with Gasteiger partial charge in [-0.3, -0.25) is 4.79 Å². The van der Waals surface area contributed by atoms with Crippen molar-refractivity contribution in [3.05, 3.63) is 70.0 Å². The van der Waals surface area contributed by atoms with Gasteiger partial charge in [0.05, 0.1) is 23.3 Å². The molecule has 122 valence electrons. The highest BCUT2D eigenvalue weighted by molar-refractivity contribution is 9.10. The van der Waals surface area contributed by atoms with Crippen LogP contribution in [0.2, 0.25) is 0 Å². The van der Waals surface area contributed by atoms with Crippen molar-refractivity contribution >= 4 is 27.4 Å². The van der Waals surface area contributed by atoms with Crippen LogP contribution in [0.15, 0.2) is 53.3 Å². The molecule has 1 aliphatic heterocycles. The Labute approximate surface area is 149 Å². The Morgan fingerprint density at radius 2 is 2.17 bits per heavy atom. The average Bonchev–Trinajstić information content (AvgIpc) is 3.07. The quantitative estimate of drug-likeness (QED) is 0.663. The second kappa shape index (κ2) is 6.06. The lowest BCUT2D eigenvalue weighted by Crippen LogP contribution is -2.40. The highest BCUT2D eigenvalue weighted by atomic mass is 79.9. The van der Waals surface area contributed by atoms with E-state index in [1.165, 1.54) is 11.1 Å². The van der Waals surface area contributed by atoms with Crippen molar-refractivity contribution in [2.75, 3.05) is 6.54 Å². The van der Waals surface area contributed by atoms with Crippen molar-refractivity contribution in [2.24, 2.45) is 0 Å². The van der Waals surface area contributed by atoms with E-state index in [0.29, 0.717) is 5.56 Å². The molecule has 2 aromatic heterocycles. The molecule has 0 aliphatic carbocycles. The zero-order valence-corrected chi connectivity index (χ0v) is 15.0. The molecule has 5 heteroatoms. The monoisotopic (exact) mass is 383 g/mol. The number of fused-ring (bicyclic) bond motifs is 2. The fraction of sp³-hybridized carbons (Fsp3) is 0.263. The van der Waals surface area contributed by atoms with Crippen LogP contribution in [0.5, 0.6) is 0 Å². The molecule has 0 spiro atoms. The third-order valence-electron chi connectivity index (χ3n) is 4.76. The lowest BCUT2D eigenvalue weighted by Gasteiger charge is -2.37. The average molecular weight is 384 g/mol. The van der Waals surface area contributed by atoms with Crippen LogP contribution >= 0.6 is 15.9 Å². The van der Waals surface area contributed by atoms with E-state index in [-0.39, 0.29) is 11.9 Å². The first-order valence-corrected chi connectivity index (χ1v) is 9.00. The maximum Gasteiger partial charge on any atom is 0.256 e. The first kappa shape index (κ1) is 15.4. The molecule has 0 bridgehead atoms. The van der Waals surface area contributed by atoms with Crippen molar-refractivity contribution < 1.29 is 4.79 Å². The van der Waals surface area contributed by atoms with Crippen molar-refractivity contribution in [3.63, 3.8) is 0 Å². The van der Waals surface area contributed by atoms with E-state index in [4.69, 9.17) is 0 Å². The van der Waals surface area contributed by atoms with Gasteiger partial charge in [0.2, 0.25) is 0 Å². The topological polar surface area (TPSA) is 37.6 Å². The summed E-state index contributed by atoms with van der Waals surface area (Å²) < 4.78 is 2.60. The maximum atomic E-state index is 13.3. The summed E-state index contributed by atoms with van der Waals surface area (Å²) in [5.41, 5.74) is 4.17. The summed E-state index contributed by atoms with van der Waals surface area (Å²) in [5.74, 6) is 0.0724. The van der Waals surface area contributed by atoms with Gasteiger partial charge in [0.15, 0.2) is 0 Å². The minimum atomic E-state index is 0.0724. The van der Waals surface area contributed by atoms with Crippen LogP contribution in [0.1, 0.15) is 40.9 Å². The van der Waals surface area contributed by atoms with E-state index < -0.39 is 0 Å². The third-order valence-corrected chi connectivity index (χ3v) is 5.20. The van der Waals surface area contributed by atoms with E-state index in [1.54, 1.807) is 10.7 Å². The van der Waals surface area contributed by atoms with E-state index in [1.807, 2.05) is 23.2 Å². The van der Waals surface area contributed by atoms with Gasteiger partial charge < -0.3 is 4.90 Å². The number of pyridine rings is 1. The molecule has 1 aliphatic rings. The predicted molar refractivity (Wildman–Crippen MR) is 97.1 cm³/mol. The summed E-state index contributed by atoms with van der Waals surface area (Å²) in [7, 11) is 0. The molecule has 0 fully saturated rings. The van der Waals surface area contributed by atoms with Crippen LogP contribution in [-0.2, 0) is 6.42 Å². The number of benzene rings is 1. The predicted octanol–water partition coefficient (Wildman–Crippen LogP) is 4.25. The van der Waals surface area contributed by atoms with Crippen LogP contribution in [0.25, 0.3) is 5.52 Å². The van der Waals surface area contributed by atoms with Crippen molar-refractivity contribution in [3.8, 4) is 0 Å². The first-order chi connectivity index (χ1) is 11.7. The van der Waals surface area contributed by atoms with E-state index in [2.05, 4.69) is 52.2 Å². The minimum absolute atomic E-state index is 0.0724. The van der Waals surface area contributed by atoms with Gasteiger partial charge in [0, 0.05) is 17.2 Å². The number of amides is 1. The van der Waals surface area contributed by atoms with Gasteiger partial charge in [-0.15, -0.1) is 0 Å². The molecule has 0 radical (unpaired) electrons. The molecule has 4 rings (SSSR count). The Morgan fingerprint density at radius 1 is 1.33 bits per heavy atom. The number of carbonyl (C=O) groups is 1. The van der Waals surface area contributed by atoms with E-state index in [9.17, 15) is 4.79 Å². The third kappa shape index (κ3) is 2.44. The first-order valence-electron chi connectivity index (χ1n) is 8.20. The molecule has 4 nitrogen and oxygen atoms in total. The number of hydrogen-bond acceptors (Lipinski definition) is 2. The normalized spacial score (nSPS) is 17.1. The molecule has 24 heavy (non-hydrogen) atoms. The lowest BCUT2D eigenvalue weighted by atomic mass is 9.90.